The van der Waals surface area contributed by atoms with E-state index in [1.54, 1.807) is 0 Å². The third-order valence-electron chi connectivity index (χ3n) is 12.5. The van der Waals surface area contributed by atoms with Crippen LogP contribution in [0.5, 0.6) is 0 Å². The number of hydrogen-bond acceptors (Lipinski definition) is 7. The molecule has 4 aliphatic carbocycles. The Hall–Kier alpha value is -0.860. The van der Waals surface area contributed by atoms with Crippen LogP contribution in [0.2, 0.25) is 0 Å². The number of unbranched alkanes of at least 4 members (excludes halogenated alkanes) is 1. The molecule has 1 heterocycles. The van der Waals surface area contributed by atoms with E-state index >= 15 is 0 Å². The van der Waals surface area contributed by atoms with Crippen LogP contribution >= 0.6 is 0 Å². The Morgan fingerprint density at radius 1 is 1.10 bits per heavy atom. The molecular weight excluding hydrogens is 506 g/mol. The first-order chi connectivity index (χ1) is 18.9. The van der Waals surface area contributed by atoms with E-state index in [-0.39, 0.29) is 25.0 Å². The van der Waals surface area contributed by atoms with Crippen LogP contribution in [0.4, 0.5) is 0 Å². The molecule has 1 saturated heterocycles. The normalized spacial score (nSPS) is 47.1. The largest absolute Gasteiger partial charge is 0.394 e. The van der Waals surface area contributed by atoms with Crippen molar-refractivity contribution in [3.63, 3.8) is 0 Å². The monoisotopic (exact) mass is 561 g/mol. The summed E-state index contributed by atoms with van der Waals surface area (Å²) < 4.78 is 12.3. The topological polar surface area (TPSA) is 109 Å². The summed E-state index contributed by atoms with van der Waals surface area (Å²) in [6.45, 7) is 11.1. The molecular formula is C33H55NO6. The molecule has 228 valence electrons. The molecule has 0 bridgehead atoms. The molecule has 0 aromatic heterocycles. The van der Waals surface area contributed by atoms with E-state index in [0.717, 1.165) is 49.9 Å². The highest BCUT2D eigenvalue weighted by Crippen LogP contribution is 2.68. The number of aliphatic hydroxyl groups excluding tert-OH is 2. The van der Waals surface area contributed by atoms with E-state index < -0.39 is 30.1 Å². The van der Waals surface area contributed by atoms with Gasteiger partial charge < -0.3 is 24.8 Å². The second-order valence-corrected chi connectivity index (χ2v) is 15.3. The summed E-state index contributed by atoms with van der Waals surface area (Å²) in [5.41, 5.74) is 1.72. The van der Waals surface area contributed by atoms with Crippen molar-refractivity contribution < 1.29 is 24.8 Å². The summed E-state index contributed by atoms with van der Waals surface area (Å²) in [4.78, 5) is 11.5. The van der Waals surface area contributed by atoms with Gasteiger partial charge >= 0.3 is 0 Å². The van der Waals surface area contributed by atoms with Crippen LogP contribution in [0.3, 0.4) is 0 Å². The Bertz CT molecular complexity index is 932. The first-order valence-electron chi connectivity index (χ1n) is 16.3. The molecule has 0 aromatic carbocycles. The first-order valence-corrected chi connectivity index (χ1v) is 16.3. The van der Waals surface area contributed by atoms with Crippen molar-refractivity contribution in [2.75, 3.05) is 6.61 Å². The van der Waals surface area contributed by atoms with Crippen molar-refractivity contribution in [1.82, 2.24) is 0 Å². The number of fused-ring (bicyclic) bond motifs is 5. The molecule has 0 aromatic rings. The molecule has 0 spiro atoms. The second kappa shape index (κ2) is 11.7. The van der Waals surface area contributed by atoms with E-state index in [1.165, 1.54) is 44.1 Å². The van der Waals surface area contributed by atoms with E-state index in [1.807, 2.05) is 13.8 Å². The summed E-state index contributed by atoms with van der Waals surface area (Å²) in [6, 6.07) is -0.962. The molecule has 7 heteroatoms. The van der Waals surface area contributed by atoms with E-state index in [2.05, 4.69) is 32.0 Å². The third-order valence-corrected chi connectivity index (χ3v) is 12.5. The highest BCUT2D eigenvalue weighted by molar-refractivity contribution is 5.25. The van der Waals surface area contributed by atoms with Crippen LogP contribution in [-0.2, 0) is 9.47 Å². The summed E-state index contributed by atoms with van der Waals surface area (Å²) in [5.74, 6) is 3.13. The number of rotatable bonds is 9. The van der Waals surface area contributed by atoms with Crippen LogP contribution < -0.4 is 0 Å². The zero-order valence-corrected chi connectivity index (χ0v) is 25.6. The van der Waals surface area contributed by atoms with Gasteiger partial charge in [0.2, 0.25) is 0 Å². The van der Waals surface area contributed by atoms with Gasteiger partial charge in [0.25, 0.3) is 0 Å². The van der Waals surface area contributed by atoms with Gasteiger partial charge in [-0.2, -0.15) is 4.91 Å². The smallest absolute Gasteiger partial charge is 0.186 e. The average molecular weight is 562 g/mol. The van der Waals surface area contributed by atoms with Gasteiger partial charge in [0.15, 0.2) is 12.3 Å². The number of nitrogens with zero attached hydrogens (tertiary/aromatic N) is 1. The van der Waals surface area contributed by atoms with Crippen LogP contribution in [0.15, 0.2) is 16.8 Å². The Labute approximate surface area is 241 Å². The highest BCUT2D eigenvalue weighted by atomic mass is 16.7. The van der Waals surface area contributed by atoms with Crippen molar-refractivity contribution in [3.8, 4) is 0 Å². The number of hydrogen-bond donors (Lipinski definition) is 3. The fourth-order valence-electron chi connectivity index (χ4n) is 10.1. The summed E-state index contributed by atoms with van der Waals surface area (Å²) in [7, 11) is 0. The minimum Gasteiger partial charge on any atom is -0.394 e. The Balaban J connectivity index is 1.26. The number of allylic oxidation sites excluding steroid dienone is 1. The number of aliphatic hydroxyl groups is 3. The fraction of sp³-hybridized carbons (Fsp3) is 0.939. The van der Waals surface area contributed by atoms with Crippen LogP contribution in [-0.4, -0.2) is 58.2 Å². The maximum absolute atomic E-state index is 11.5. The molecule has 4 unspecified atom stereocenters. The molecule has 3 N–H and O–H groups in total. The minimum atomic E-state index is -0.962. The predicted octanol–water partition coefficient (Wildman–Crippen LogP) is 6.13. The maximum atomic E-state index is 11.5. The zero-order chi connectivity index (χ0) is 28.9. The molecule has 0 radical (unpaired) electrons. The predicted molar refractivity (Wildman–Crippen MR) is 155 cm³/mol. The van der Waals surface area contributed by atoms with E-state index in [0.29, 0.717) is 16.7 Å². The van der Waals surface area contributed by atoms with Crippen LogP contribution in [0.25, 0.3) is 0 Å². The lowest BCUT2D eigenvalue weighted by Gasteiger charge is -2.60. The first kappa shape index (κ1) is 30.6. The van der Waals surface area contributed by atoms with Crippen molar-refractivity contribution in [3.05, 3.63) is 16.6 Å². The Morgan fingerprint density at radius 3 is 2.55 bits per heavy atom. The molecule has 1 aliphatic heterocycles. The fourth-order valence-corrected chi connectivity index (χ4v) is 10.1. The van der Waals surface area contributed by atoms with Gasteiger partial charge in [-0.3, -0.25) is 0 Å². The molecule has 5 aliphatic rings. The Morgan fingerprint density at radius 2 is 1.85 bits per heavy atom. The van der Waals surface area contributed by atoms with Crippen LogP contribution in [0, 0.1) is 45.3 Å². The summed E-state index contributed by atoms with van der Waals surface area (Å²) in [5, 5.41) is 33.3. The van der Waals surface area contributed by atoms with Gasteiger partial charge in [-0.1, -0.05) is 50.4 Å². The van der Waals surface area contributed by atoms with Crippen molar-refractivity contribution in [1.29, 1.82) is 0 Å². The van der Waals surface area contributed by atoms with Gasteiger partial charge in [0.05, 0.1) is 30.5 Å². The minimum absolute atomic E-state index is 0.0878. The summed E-state index contributed by atoms with van der Waals surface area (Å²) >= 11 is 0. The van der Waals surface area contributed by atoms with Gasteiger partial charge in [-0.25, -0.2) is 0 Å². The lowest BCUT2D eigenvalue weighted by atomic mass is 9.45. The van der Waals surface area contributed by atoms with Crippen molar-refractivity contribution in [2.24, 2.45) is 45.6 Å². The maximum Gasteiger partial charge on any atom is 0.186 e. The molecule has 4 fully saturated rings. The van der Waals surface area contributed by atoms with Crippen LogP contribution in [0.1, 0.15) is 112 Å². The van der Waals surface area contributed by atoms with Gasteiger partial charge in [-0.05, 0) is 106 Å². The summed E-state index contributed by atoms with van der Waals surface area (Å²) in [6.07, 6.45) is 13.2. The molecule has 40 heavy (non-hydrogen) atoms. The molecule has 3 saturated carbocycles. The van der Waals surface area contributed by atoms with Crippen molar-refractivity contribution >= 4 is 0 Å². The molecule has 12 atom stereocenters. The van der Waals surface area contributed by atoms with Crippen molar-refractivity contribution in [2.45, 2.75) is 148 Å². The number of nitroso groups, excluding NO2 is 1. The number of ether oxygens (including phenoxy) is 2. The Kier molecular flexibility index (Phi) is 8.93. The standard InChI is InChI=1S/C33H55NO6/c1-20-23-10-12-26-25-11-9-21(8-6-7-15-31(2,3)37)32(25,4)16-17-33(26,5)24(23)13-14-28(20)40-30-29(34-38)27(36)18-22(19-35)39-30/h10,20-22,24-30,35-37H,6-9,11-19H2,1-5H3/t20-,21?,22+,24?,25?,26?,27+,28+,29-,30+,32-,33+/m1/s1. The zero-order valence-electron chi connectivity index (χ0n) is 25.6. The SMILES string of the molecule is C[C@@H]1C2=CCC3C4CCC(CCCCC(C)(C)O)[C@@]4(C)CC[C@@]3(C)C2CC[C@@H]1O[C@@H]1O[C@H](CO)C[C@H](O)[C@H]1N=O. The van der Waals surface area contributed by atoms with E-state index in [9.17, 15) is 20.2 Å². The van der Waals surface area contributed by atoms with Gasteiger partial charge in [-0.15, -0.1) is 0 Å². The average Bonchev–Trinajstić information content (AvgIpc) is 3.23. The lowest BCUT2D eigenvalue weighted by Crippen LogP contribution is -2.54. The lowest BCUT2D eigenvalue weighted by molar-refractivity contribution is -0.255. The second-order valence-electron chi connectivity index (χ2n) is 15.3. The molecule has 7 nitrogen and oxygen atoms in total. The van der Waals surface area contributed by atoms with Gasteiger partial charge in [0, 0.05) is 12.3 Å². The molecule has 0 amide bonds. The van der Waals surface area contributed by atoms with Gasteiger partial charge in [0.1, 0.15) is 0 Å². The third kappa shape index (κ3) is 5.59. The van der Waals surface area contributed by atoms with E-state index in [4.69, 9.17) is 9.47 Å². The quantitative estimate of drug-likeness (QED) is 0.178. The highest BCUT2D eigenvalue weighted by Gasteiger charge is 2.60. The molecule has 5 rings (SSSR count).